The molecule has 0 radical (unpaired) electrons. The number of aryl methyl sites for hydroxylation is 1. The second-order valence-corrected chi connectivity index (χ2v) is 1.51. The van der Waals surface area contributed by atoms with E-state index in [1.165, 1.54) is 6.07 Å². The summed E-state index contributed by atoms with van der Waals surface area (Å²) < 4.78 is 14.3. The molecule has 0 bridgehead atoms. The summed E-state index contributed by atoms with van der Waals surface area (Å²) in [6.45, 7) is 1.88. The highest BCUT2D eigenvalue weighted by Gasteiger charge is 1.72. The Balaban J connectivity index is 3.17. The summed E-state index contributed by atoms with van der Waals surface area (Å²) in [5, 5.41) is 0. The van der Waals surface area contributed by atoms with Crippen molar-refractivity contribution in [3.05, 3.63) is 35.8 Å². The van der Waals surface area contributed by atoms with Gasteiger partial charge in [0.25, 0.3) is 0 Å². The van der Waals surface area contributed by atoms with Crippen LogP contribution in [-0.2, 0) is 0 Å². The van der Waals surface area contributed by atoms with E-state index in [0.717, 1.165) is 5.56 Å². The molecule has 0 aromatic heterocycles. The molecule has 0 N–H and O–H groups in total. The van der Waals surface area contributed by atoms with E-state index in [2.05, 4.69) is 0 Å². The van der Waals surface area contributed by atoms with E-state index in [1.807, 2.05) is 6.92 Å². The van der Waals surface area contributed by atoms with Crippen LogP contribution in [0.15, 0.2) is 30.3 Å². The van der Waals surface area contributed by atoms with Crippen LogP contribution in [0.1, 0.15) is 8.30 Å². The van der Waals surface area contributed by atoms with Gasteiger partial charge in [0.05, 0.1) is 2.74 Å². The van der Waals surface area contributed by atoms with Crippen molar-refractivity contribution in [1.82, 2.24) is 0 Å². The molecular weight excluding hydrogens is 84.1 g/mol. The second kappa shape index (κ2) is 1.78. The van der Waals surface area contributed by atoms with Gasteiger partial charge in [-0.25, -0.2) is 0 Å². The van der Waals surface area contributed by atoms with Crippen LogP contribution >= 0.6 is 0 Å². The molecule has 36 valence electrons. The standard InChI is InChI=1S/C7H8/c1-7-5-3-2-4-6-7/h2-6H,1H3/i3T,4T. The monoisotopic (exact) mass is 96.1 g/mol. The minimum Gasteiger partial charge on any atom is -0.0622 e. The molecule has 0 saturated carbocycles. The zero-order valence-corrected chi connectivity index (χ0v) is 4.23. The van der Waals surface area contributed by atoms with Crippen LogP contribution in [0.25, 0.3) is 0 Å². The summed E-state index contributed by atoms with van der Waals surface area (Å²) in [6, 6.07) is 5.82. The lowest BCUT2D eigenvalue weighted by molar-refractivity contribution is 1.48. The third-order valence-corrected chi connectivity index (χ3v) is 0.789. The molecule has 0 nitrogen and oxygen atoms in total. The average Bonchev–Trinajstić information content (AvgIpc) is 1.59. The Morgan fingerprint density at radius 3 is 2.43 bits per heavy atom. The van der Waals surface area contributed by atoms with Crippen molar-refractivity contribution < 1.29 is 2.74 Å². The van der Waals surface area contributed by atoms with Crippen LogP contribution in [0, 0.1) is 6.92 Å². The first-order chi connectivity index (χ1) is 4.18. The van der Waals surface area contributed by atoms with Gasteiger partial charge in [0.1, 0.15) is 0 Å². The lowest BCUT2D eigenvalue weighted by Crippen LogP contribution is -1.62. The molecule has 0 unspecified atom stereocenters. The Hall–Kier alpha value is -0.780. The van der Waals surface area contributed by atoms with Gasteiger partial charge in [-0.15, -0.1) is 0 Å². The fourth-order valence-electron chi connectivity index (χ4n) is 0.436. The summed E-state index contributed by atoms with van der Waals surface area (Å²) in [5.74, 6) is 0. The molecule has 0 heteroatoms. The van der Waals surface area contributed by atoms with Gasteiger partial charge in [-0.1, -0.05) is 35.8 Å². The van der Waals surface area contributed by atoms with Crippen molar-refractivity contribution in [2.45, 2.75) is 6.92 Å². The molecule has 0 aliphatic rings. The maximum absolute atomic E-state index is 7.16. The van der Waals surface area contributed by atoms with Crippen molar-refractivity contribution in [3.8, 4) is 0 Å². The molecule has 0 atom stereocenters. The van der Waals surface area contributed by atoms with E-state index in [9.17, 15) is 0 Å². The molecule has 0 aliphatic carbocycles. The third kappa shape index (κ3) is 1.04. The fraction of sp³-hybridized carbons (Fsp3) is 0.143. The smallest absolute Gasteiger partial charge is 0.0622 e. The summed E-state index contributed by atoms with van der Waals surface area (Å²) in [7, 11) is 0. The van der Waals surface area contributed by atoms with Gasteiger partial charge in [-0.05, 0) is 6.92 Å². The number of hydrogen-bond acceptors (Lipinski definition) is 0. The summed E-state index contributed by atoms with van der Waals surface area (Å²) in [6.07, 6.45) is 0. The molecule has 1 aromatic rings. The molecular formula is C7H8. The van der Waals surface area contributed by atoms with Crippen molar-refractivity contribution in [3.63, 3.8) is 0 Å². The van der Waals surface area contributed by atoms with Gasteiger partial charge in [-0.2, -0.15) is 0 Å². The lowest BCUT2D eigenvalue weighted by atomic mass is 10.2. The first-order valence-electron chi connectivity index (χ1n) is 3.23. The molecule has 1 aromatic carbocycles. The van der Waals surface area contributed by atoms with E-state index < -0.39 is 0 Å². The molecule has 7 heavy (non-hydrogen) atoms. The molecule has 0 amide bonds. The highest BCUT2D eigenvalue weighted by molar-refractivity contribution is 5.11. The molecule has 1 rings (SSSR count). The van der Waals surface area contributed by atoms with Gasteiger partial charge in [0.15, 0.2) is 0 Å². The Morgan fingerprint density at radius 2 is 2.00 bits per heavy atom. The van der Waals surface area contributed by atoms with Crippen LogP contribution in [0.2, 0.25) is 0 Å². The maximum Gasteiger partial charge on any atom is 0.0623 e. The first-order valence-corrected chi connectivity index (χ1v) is 2.23. The molecule has 0 saturated heterocycles. The lowest BCUT2D eigenvalue weighted by Gasteiger charge is -1.82. The molecule has 0 spiro atoms. The van der Waals surface area contributed by atoms with Crippen molar-refractivity contribution in [2.75, 3.05) is 0 Å². The quantitative estimate of drug-likeness (QED) is 0.463. The second-order valence-electron chi connectivity index (χ2n) is 1.51. The fourth-order valence-corrected chi connectivity index (χ4v) is 0.436. The number of hydrogen-bond donors (Lipinski definition) is 0. The number of benzene rings is 1. The minimum atomic E-state index is 0.417. The average molecular weight is 96.2 g/mol. The Labute approximate surface area is 46.6 Å². The van der Waals surface area contributed by atoms with E-state index in [4.69, 9.17) is 2.74 Å². The van der Waals surface area contributed by atoms with Gasteiger partial charge in [-0.3, -0.25) is 0 Å². The van der Waals surface area contributed by atoms with Crippen molar-refractivity contribution >= 4 is 0 Å². The van der Waals surface area contributed by atoms with Crippen LogP contribution in [0.4, 0.5) is 0 Å². The van der Waals surface area contributed by atoms with E-state index in [1.54, 1.807) is 12.1 Å². The zero-order chi connectivity index (χ0) is 6.85. The van der Waals surface area contributed by atoms with Crippen LogP contribution in [0.5, 0.6) is 0 Å². The van der Waals surface area contributed by atoms with Gasteiger partial charge in [0, 0.05) is 0 Å². The third-order valence-electron chi connectivity index (χ3n) is 0.789. The number of rotatable bonds is 0. The van der Waals surface area contributed by atoms with Crippen LogP contribution in [0.3, 0.4) is 0 Å². The van der Waals surface area contributed by atoms with Crippen LogP contribution < -0.4 is 0 Å². The van der Waals surface area contributed by atoms with Crippen LogP contribution in [-0.4, -0.2) is 0 Å². The molecule has 0 fully saturated rings. The summed E-state index contributed by atoms with van der Waals surface area (Å²) >= 11 is 0. The van der Waals surface area contributed by atoms with E-state index in [-0.39, 0.29) is 0 Å². The Morgan fingerprint density at radius 1 is 1.43 bits per heavy atom. The van der Waals surface area contributed by atoms with Gasteiger partial charge in [0.2, 0.25) is 0 Å². The van der Waals surface area contributed by atoms with Crippen molar-refractivity contribution in [2.24, 2.45) is 0 Å². The summed E-state index contributed by atoms with van der Waals surface area (Å²) in [5.41, 5.74) is 0.979. The predicted molar refractivity (Wildman–Crippen MR) is 31.2 cm³/mol. The normalized spacial score (nSPS) is 12.7. The van der Waals surface area contributed by atoms with E-state index in [0.29, 0.717) is 12.1 Å². The SMILES string of the molecule is [3H]c1cc([3H])cc(C)c1. The Kier molecular flexibility index (Phi) is 0.639. The Bertz CT molecular complexity index is 168. The van der Waals surface area contributed by atoms with E-state index >= 15 is 0 Å². The van der Waals surface area contributed by atoms with Gasteiger partial charge >= 0.3 is 0 Å². The van der Waals surface area contributed by atoms with Crippen molar-refractivity contribution in [1.29, 1.82) is 0 Å². The molecule has 0 aliphatic heterocycles. The molecule has 0 heterocycles. The topological polar surface area (TPSA) is 0 Å². The largest absolute Gasteiger partial charge is 0.0623 e. The summed E-state index contributed by atoms with van der Waals surface area (Å²) in [4.78, 5) is 0. The predicted octanol–water partition coefficient (Wildman–Crippen LogP) is 2.00. The minimum absolute atomic E-state index is 0.417. The maximum atomic E-state index is 7.16. The highest BCUT2D eigenvalue weighted by atomic mass is 13.8. The first kappa shape index (κ1) is 2.51. The highest BCUT2D eigenvalue weighted by Crippen LogP contribution is 1.92. The van der Waals surface area contributed by atoms with Gasteiger partial charge < -0.3 is 0 Å². The zero-order valence-electron chi connectivity index (χ0n) is 6.23.